The number of hydrogen-bond donors (Lipinski definition) is 1. The normalized spacial score (nSPS) is 10.6. The smallest absolute Gasteiger partial charge is 0.293 e. The highest BCUT2D eigenvalue weighted by atomic mass is 79.9. The number of nitrogens with zero attached hydrogens (tertiary/aromatic N) is 1. The highest BCUT2D eigenvalue weighted by Crippen LogP contribution is 2.23. The molecule has 0 bridgehead atoms. The lowest BCUT2D eigenvalue weighted by Crippen LogP contribution is -2.30. The Morgan fingerprint density at radius 3 is 2.50 bits per heavy atom. The van der Waals surface area contributed by atoms with Crippen molar-refractivity contribution in [1.29, 1.82) is 0 Å². The molecule has 3 rings (SSSR count). The highest BCUT2D eigenvalue weighted by Gasteiger charge is 2.21. The van der Waals surface area contributed by atoms with Crippen molar-refractivity contribution in [1.82, 2.24) is 5.32 Å². The molecule has 0 fully saturated rings. The van der Waals surface area contributed by atoms with Gasteiger partial charge in [-0.05, 0) is 65.2 Å². The summed E-state index contributed by atoms with van der Waals surface area (Å²) in [7, 11) is 1.62. The Hall–Kier alpha value is -2.86. The quantitative estimate of drug-likeness (QED) is 0.615. The maximum atomic E-state index is 12.8. The molecule has 144 valence electrons. The fourth-order valence-electron chi connectivity index (χ4n) is 2.98. The fraction of sp³-hybridized carbons (Fsp3) is 0.182. The molecule has 0 spiro atoms. The van der Waals surface area contributed by atoms with Gasteiger partial charge in [-0.25, -0.2) is 0 Å². The summed E-state index contributed by atoms with van der Waals surface area (Å²) in [5.74, 6) is -0.379. The molecule has 1 aromatic heterocycles. The van der Waals surface area contributed by atoms with Gasteiger partial charge in [0.1, 0.15) is 0 Å². The van der Waals surface area contributed by atoms with Crippen molar-refractivity contribution in [2.45, 2.75) is 20.4 Å². The molecule has 1 heterocycles. The number of carbonyl (C=O) groups excluding carboxylic acids is 2. The molecule has 28 heavy (non-hydrogen) atoms. The Balaban J connectivity index is 1.79. The fourth-order valence-corrected chi connectivity index (χ4v) is 3.28. The van der Waals surface area contributed by atoms with E-state index in [9.17, 15) is 9.59 Å². The van der Waals surface area contributed by atoms with Gasteiger partial charge in [-0.15, -0.1) is 0 Å². The summed E-state index contributed by atoms with van der Waals surface area (Å²) in [6.07, 6.45) is 0. The van der Waals surface area contributed by atoms with Crippen LogP contribution < -0.4 is 10.2 Å². The van der Waals surface area contributed by atoms with Crippen molar-refractivity contribution in [2.24, 2.45) is 0 Å². The molecular formula is C22H21BrN2O3. The maximum Gasteiger partial charge on any atom is 0.293 e. The first-order valence-electron chi connectivity index (χ1n) is 8.83. The van der Waals surface area contributed by atoms with Crippen LogP contribution in [0, 0.1) is 13.8 Å². The van der Waals surface area contributed by atoms with Gasteiger partial charge in [0.2, 0.25) is 0 Å². The van der Waals surface area contributed by atoms with Crippen LogP contribution >= 0.6 is 15.9 Å². The second-order valence-electron chi connectivity index (χ2n) is 6.60. The molecule has 0 saturated heterocycles. The predicted octanol–water partition coefficient (Wildman–Crippen LogP) is 4.87. The first-order valence-corrected chi connectivity index (χ1v) is 9.63. The topological polar surface area (TPSA) is 62.6 Å². The van der Waals surface area contributed by atoms with E-state index in [0.29, 0.717) is 22.5 Å². The lowest BCUT2D eigenvalue weighted by atomic mass is 10.1. The second kappa shape index (κ2) is 8.44. The van der Waals surface area contributed by atoms with Crippen LogP contribution in [0.15, 0.2) is 63.7 Å². The van der Waals surface area contributed by atoms with E-state index < -0.39 is 0 Å². The monoisotopic (exact) mass is 440 g/mol. The Labute approximate surface area is 172 Å². The van der Waals surface area contributed by atoms with Crippen molar-refractivity contribution in [3.8, 4) is 0 Å². The average molecular weight is 441 g/mol. The van der Waals surface area contributed by atoms with Crippen LogP contribution in [-0.4, -0.2) is 18.9 Å². The van der Waals surface area contributed by atoms with Gasteiger partial charge in [-0.3, -0.25) is 9.59 Å². The number of aryl methyl sites for hydroxylation is 2. The molecule has 3 aromatic rings. The summed E-state index contributed by atoms with van der Waals surface area (Å²) in [4.78, 5) is 26.9. The Bertz CT molecular complexity index is 1030. The van der Waals surface area contributed by atoms with E-state index in [2.05, 4.69) is 27.3 Å². The third-order valence-corrected chi connectivity index (χ3v) is 4.96. The number of rotatable bonds is 5. The van der Waals surface area contributed by atoms with E-state index in [1.54, 1.807) is 43.4 Å². The number of para-hydroxylation sites is 1. The Kier molecular flexibility index (Phi) is 5.99. The Morgan fingerprint density at radius 2 is 1.82 bits per heavy atom. The van der Waals surface area contributed by atoms with Gasteiger partial charge in [0.15, 0.2) is 10.4 Å². The molecule has 0 atom stereocenters. The van der Waals surface area contributed by atoms with Gasteiger partial charge in [0.25, 0.3) is 11.8 Å². The molecule has 0 aliphatic carbocycles. The summed E-state index contributed by atoms with van der Waals surface area (Å²) in [5.41, 5.74) is 4.31. The highest BCUT2D eigenvalue weighted by molar-refractivity contribution is 9.10. The van der Waals surface area contributed by atoms with Crippen LogP contribution in [-0.2, 0) is 6.54 Å². The van der Waals surface area contributed by atoms with E-state index in [-0.39, 0.29) is 17.6 Å². The lowest BCUT2D eigenvalue weighted by molar-refractivity contribution is 0.0951. The number of halogens is 1. The van der Waals surface area contributed by atoms with Crippen molar-refractivity contribution >= 4 is 33.4 Å². The van der Waals surface area contributed by atoms with Gasteiger partial charge < -0.3 is 14.6 Å². The zero-order chi connectivity index (χ0) is 20.3. The third-order valence-electron chi connectivity index (χ3n) is 4.54. The van der Waals surface area contributed by atoms with Gasteiger partial charge in [-0.2, -0.15) is 0 Å². The van der Waals surface area contributed by atoms with Gasteiger partial charge in [0.05, 0.1) is 11.3 Å². The standard InChI is InChI=1S/C22H21BrN2O3/c1-14-8-9-16(15(2)12-14)13-24-21(26)17-6-4-5-7-18(17)25(3)22(27)19-10-11-20(23)28-19/h4-12H,13H2,1-3H3,(H,24,26). The first kappa shape index (κ1) is 19.9. The molecule has 1 N–H and O–H groups in total. The minimum atomic E-state index is -0.333. The van der Waals surface area contributed by atoms with Crippen LogP contribution in [0.4, 0.5) is 5.69 Å². The summed E-state index contributed by atoms with van der Waals surface area (Å²) in [6.45, 7) is 4.48. The average Bonchev–Trinajstić information content (AvgIpc) is 3.12. The molecule has 2 aromatic carbocycles. The minimum absolute atomic E-state index is 0.194. The molecule has 0 aliphatic rings. The molecule has 6 heteroatoms. The summed E-state index contributed by atoms with van der Waals surface area (Å²) in [6, 6.07) is 16.4. The van der Waals surface area contributed by atoms with Crippen LogP contribution in [0.5, 0.6) is 0 Å². The van der Waals surface area contributed by atoms with Crippen LogP contribution in [0.1, 0.15) is 37.6 Å². The molecule has 2 amide bonds. The van der Waals surface area contributed by atoms with Crippen molar-refractivity contribution in [2.75, 3.05) is 11.9 Å². The molecule has 5 nitrogen and oxygen atoms in total. The number of nitrogens with one attached hydrogen (secondary N) is 1. The SMILES string of the molecule is Cc1ccc(CNC(=O)c2ccccc2N(C)C(=O)c2ccc(Br)o2)c(C)c1. The summed E-state index contributed by atoms with van der Waals surface area (Å²) in [5, 5.41) is 2.95. The largest absolute Gasteiger partial charge is 0.444 e. The molecule has 0 radical (unpaired) electrons. The number of furan rings is 1. The van der Waals surface area contributed by atoms with Gasteiger partial charge in [-0.1, -0.05) is 35.9 Å². The minimum Gasteiger partial charge on any atom is -0.444 e. The summed E-state index contributed by atoms with van der Waals surface area (Å²) < 4.78 is 5.82. The first-order chi connectivity index (χ1) is 13.4. The lowest BCUT2D eigenvalue weighted by Gasteiger charge is -2.19. The predicted molar refractivity (Wildman–Crippen MR) is 113 cm³/mol. The molecule has 0 aliphatic heterocycles. The number of carbonyl (C=O) groups is 2. The van der Waals surface area contributed by atoms with E-state index in [1.165, 1.54) is 10.5 Å². The maximum absolute atomic E-state index is 12.8. The Morgan fingerprint density at radius 1 is 1.07 bits per heavy atom. The van der Waals surface area contributed by atoms with Crippen molar-refractivity contribution < 1.29 is 14.0 Å². The van der Waals surface area contributed by atoms with E-state index in [4.69, 9.17) is 4.42 Å². The van der Waals surface area contributed by atoms with E-state index in [1.807, 2.05) is 26.0 Å². The molecular weight excluding hydrogens is 420 g/mol. The van der Waals surface area contributed by atoms with Gasteiger partial charge >= 0.3 is 0 Å². The zero-order valence-electron chi connectivity index (χ0n) is 16.0. The van der Waals surface area contributed by atoms with Crippen LogP contribution in [0.2, 0.25) is 0 Å². The number of benzene rings is 2. The van der Waals surface area contributed by atoms with E-state index in [0.717, 1.165) is 11.1 Å². The van der Waals surface area contributed by atoms with Crippen LogP contribution in [0.3, 0.4) is 0 Å². The van der Waals surface area contributed by atoms with Gasteiger partial charge in [0, 0.05) is 13.6 Å². The molecule has 0 unspecified atom stereocenters. The van der Waals surface area contributed by atoms with Crippen molar-refractivity contribution in [3.05, 3.63) is 87.3 Å². The summed E-state index contributed by atoms with van der Waals surface area (Å²) >= 11 is 3.19. The van der Waals surface area contributed by atoms with Crippen molar-refractivity contribution in [3.63, 3.8) is 0 Å². The van der Waals surface area contributed by atoms with E-state index >= 15 is 0 Å². The van der Waals surface area contributed by atoms with Crippen LogP contribution in [0.25, 0.3) is 0 Å². The number of hydrogen-bond acceptors (Lipinski definition) is 3. The zero-order valence-corrected chi connectivity index (χ0v) is 17.5. The third kappa shape index (κ3) is 4.34. The second-order valence-corrected chi connectivity index (χ2v) is 7.38. The molecule has 0 saturated carbocycles. The number of amides is 2. The number of anilines is 1.